The van der Waals surface area contributed by atoms with Gasteiger partial charge in [0.2, 0.25) is 5.89 Å². The normalized spacial score (nSPS) is 13.7. The van der Waals surface area contributed by atoms with Gasteiger partial charge in [-0.2, -0.15) is 4.98 Å². The summed E-state index contributed by atoms with van der Waals surface area (Å²) in [5.41, 5.74) is 2.32. The number of anilines is 1. The van der Waals surface area contributed by atoms with E-state index in [-0.39, 0.29) is 5.91 Å². The Morgan fingerprint density at radius 1 is 1.26 bits per heavy atom. The Hall–Kier alpha value is -3.06. The highest BCUT2D eigenvalue weighted by Crippen LogP contribution is 2.38. The van der Waals surface area contributed by atoms with Gasteiger partial charge in [-0.3, -0.25) is 14.7 Å². The number of carbonyl (C=O) groups excluding carboxylic acids is 1. The molecule has 0 atom stereocenters. The topological polar surface area (TPSA) is 84.2 Å². The number of aromatic nitrogens is 3. The van der Waals surface area contributed by atoms with E-state index < -0.39 is 0 Å². The maximum absolute atomic E-state index is 12.4. The first kappa shape index (κ1) is 17.4. The van der Waals surface area contributed by atoms with E-state index in [1.807, 2.05) is 31.3 Å². The molecule has 1 saturated carbocycles. The summed E-state index contributed by atoms with van der Waals surface area (Å²) in [5.74, 6) is 1.79. The molecule has 7 nitrogen and oxygen atoms in total. The van der Waals surface area contributed by atoms with Gasteiger partial charge in [0.15, 0.2) is 5.82 Å². The SMILES string of the molecule is CN(Cc1cccc(C(=O)Nc2cccnc2)c1)Cc1nc(C2CC2)no1. The van der Waals surface area contributed by atoms with Gasteiger partial charge in [0, 0.05) is 24.2 Å². The molecule has 27 heavy (non-hydrogen) atoms. The predicted octanol–water partition coefficient (Wildman–Crippen LogP) is 3.23. The van der Waals surface area contributed by atoms with Crippen LogP contribution in [0.2, 0.25) is 0 Å². The molecule has 1 aromatic carbocycles. The van der Waals surface area contributed by atoms with Crippen molar-refractivity contribution < 1.29 is 9.32 Å². The molecule has 7 heteroatoms. The van der Waals surface area contributed by atoms with E-state index in [1.54, 1.807) is 24.5 Å². The summed E-state index contributed by atoms with van der Waals surface area (Å²) in [7, 11) is 1.99. The average molecular weight is 363 g/mol. The highest BCUT2D eigenvalue weighted by molar-refractivity contribution is 6.04. The van der Waals surface area contributed by atoms with Crippen molar-refractivity contribution in [3.63, 3.8) is 0 Å². The van der Waals surface area contributed by atoms with Crippen LogP contribution in [0.1, 0.15) is 46.4 Å². The van der Waals surface area contributed by atoms with Gasteiger partial charge in [0.25, 0.3) is 5.91 Å². The average Bonchev–Trinajstić information content (AvgIpc) is 3.42. The number of pyridine rings is 1. The van der Waals surface area contributed by atoms with Gasteiger partial charge < -0.3 is 9.84 Å². The fourth-order valence-corrected chi connectivity index (χ4v) is 2.89. The Kier molecular flexibility index (Phi) is 4.93. The molecule has 1 N–H and O–H groups in total. The highest BCUT2D eigenvalue weighted by Gasteiger charge is 2.28. The molecule has 1 amide bonds. The third-order valence-corrected chi connectivity index (χ3v) is 4.39. The summed E-state index contributed by atoms with van der Waals surface area (Å²) in [6, 6.07) is 11.2. The zero-order chi connectivity index (χ0) is 18.6. The zero-order valence-electron chi connectivity index (χ0n) is 15.1. The first-order valence-electron chi connectivity index (χ1n) is 8.99. The molecule has 2 aromatic heterocycles. The summed E-state index contributed by atoms with van der Waals surface area (Å²) < 4.78 is 5.33. The molecular weight excluding hydrogens is 342 g/mol. The van der Waals surface area contributed by atoms with E-state index in [0.29, 0.717) is 36.1 Å². The van der Waals surface area contributed by atoms with E-state index in [4.69, 9.17) is 4.52 Å². The van der Waals surface area contributed by atoms with Gasteiger partial charge in [-0.1, -0.05) is 17.3 Å². The number of nitrogens with zero attached hydrogens (tertiary/aromatic N) is 4. The van der Waals surface area contributed by atoms with Crippen molar-refractivity contribution in [1.29, 1.82) is 0 Å². The van der Waals surface area contributed by atoms with E-state index in [0.717, 1.165) is 24.2 Å². The smallest absolute Gasteiger partial charge is 0.255 e. The van der Waals surface area contributed by atoms with Crippen LogP contribution in [0.5, 0.6) is 0 Å². The van der Waals surface area contributed by atoms with Crippen LogP contribution in [-0.4, -0.2) is 33.0 Å². The molecule has 1 fully saturated rings. The Morgan fingerprint density at radius 3 is 2.93 bits per heavy atom. The first-order chi connectivity index (χ1) is 13.2. The number of rotatable bonds is 7. The van der Waals surface area contributed by atoms with Crippen molar-refractivity contribution in [2.24, 2.45) is 0 Å². The lowest BCUT2D eigenvalue weighted by Crippen LogP contribution is -2.18. The number of benzene rings is 1. The molecule has 138 valence electrons. The number of carbonyl (C=O) groups is 1. The number of hydrogen-bond donors (Lipinski definition) is 1. The minimum Gasteiger partial charge on any atom is -0.338 e. The lowest BCUT2D eigenvalue weighted by Gasteiger charge is -2.15. The van der Waals surface area contributed by atoms with E-state index in [2.05, 4.69) is 25.3 Å². The summed E-state index contributed by atoms with van der Waals surface area (Å²) >= 11 is 0. The van der Waals surface area contributed by atoms with Crippen LogP contribution < -0.4 is 5.32 Å². The Morgan fingerprint density at radius 2 is 2.15 bits per heavy atom. The molecule has 0 bridgehead atoms. The van der Waals surface area contributed by atoms with Crippen LogP contribution >= 0.6 is 0 Å². The second-order valence-electron chi connectivity index (χ2n) is 6.89. The third kappa shape index (κ3) is 4.57. The highest BCUT2D eigenvalue weighted by atomic mass is 16.5. The van der Waals surface area contributed by atoms with E-state index in [1.165, 1.54) is 0 Å². The van der Waals surface area contributed by atoms with Crippen molar-refractivity contribution in [2.45, 2.75) is 31.8 Å². The van der Waals surface area contributed by atoms with Gasteiger partial charge >= 0.3 is 0 Å². The van der Waals surface area contributed by atoms with Crippen LogP contribution in [0.4, 0.5) is 5.69 Å². The van der Waals surface area contributed by atoms with Crippen LogP contribution in [0.3, 0.4) is 0 Å². The Labute approximate surface area is 157 Å². The summed E-state index contributed by atoms with van der Waals surface area (Å²) in [5, 5.41) is 6.89. The molecular formula is C20H21N5O2. The van der Waals surface area contributed by atoms with Gasteiger partial charge in [-0.25, -0.2) is 0 Å². The summed E-state index contributed by atoms with van der Waals surface area (Å²) in [6.07, 6.45) is 5.60. The second kappa shape index (κ2) is 7.67. The third-order valence-electron chi connectivity index (χ3n) is 4.39. The zero-order valence-corrected chi connectivity index (χ0v) is 15.1. The lowest BCUT2D eigenvalue weighted by molar-refractivity contribution is 0.102. The quantitative estimate of drug-likeness (QED) is 0.694. The van der Waals surface area contributed by atoms with Gasteiger partial charge in [0.05, 0.1) is 18.4 Å². The molecule has 0 unspecified atom stereocenters. The van der Waals surface area contributed by atoms with Gasteiger partial charge in [-0.05, 0) is 49.7 Å². The van der Waals surface area contributed by atoms with Gasteiger partial charge in [0.1, 0.15) is 0 Å². The minimum absolute atomic E-state index is 0.154. The molecule has 4 rings (SSSR count). The molecule has 0 spiro atoms. The maximum atomic E-state index is 12.4. The Balaban J connectivity index is 1.37. The number of amides is 1. The largest absolute Gasteiger partial charge is 0.338 e. The molecule has 1 aliphatic rings. The number of nitrogens with one attached hydrogen (secondary N) is 1. The van der Waals surface area contributed by atoms with Crippen molar-refractivity contribution in [3.05, 3.63) is 71.6 Å². The fraction of sp³-hybridized carbons (Fsp3) is 0.300. The summed E-state index contributed by atoms with van der Waals surface area (Å²) in [4.78, 5) is 23.0. The van der Waals surface area contributed by atoms with Crippen LogP contribution in [0.25, 0.3) is 0 Å². The second-order valence-corrected chi connectivity index (χ2v) is 6.89. The molecule has 1 aliphatic carbocycles. The van der Waals surface area contributed by atoms with Crippen molar-refractivity contribution in [2.75, 3.05) is 12.4 Å². The van der Waals surface area contributed by atoms with Crippen LogP contribution in [0.15, 0.2) is 53.3 Å². The first-order valence-corrected chi connectivity index (χ1v) is 8.99. The molecule has 0 aliphatic heterocycles. The van der Waals surface area contributed by atoms with Crippen LogP contribution in [-0.2, 0) is 13.1 Å². The predicted molar refractivity (Wildman–Crippen MR) is 100 cm³/mol. The molecule has 2 heterocycles. The standard InChI is InChI=1S/C20H21N5O2/c1-25(13-18-23-19(24-27-18)15-7-8-15)12-14-4-2-5-16(10-14)20(26)22-17-6-3-9-21-11-17/h2-6,9-11,15H,7-8,12-13H2,1H3,(H,22,26). The summed E-state index contributed by atoms with van der Waals surface area (Å²) in [6.45, 7) is 1.25. The van der Waals surface area contributed by atoms with Gasteiger partial charge in [-0.15, -0.1) is 0 Å². The lowest BCUT2D eigenvalue weighted by atomic mass is 10.1. The van der Waals surface area contributed by atoms with Crippen molar-refractivity contribution in [3.8, 4) is 0 Å². The van der Waals surface area contributed by atoms with E-state index in [9.17, 15) is 4.79 Å². The monoisotopic (exact) mass is 363 g/mol. The molecule has 0 radical (unpaired) electrons. The maximum Gasteiger partial charge on any atom is 0.255 e. The minimum atomic E-state index is -0.154. The molecule has 0 saturated heterocycles. The van der Waals surface area contributed by atoms with E-state index >= 15 is 0 Å². The fourth-order valence-electron chi connectivity index (χ4n) is 2.89. The van der Waals surface area contributed by atoms with Crippen LogP contribution in [0, 0.1) is 0 Å². The number of hydrogen-bond acceptors (Lipinski definition) is 6. The van der Waals surface area contributed by atoms with Crippen molar-refractivity contribution in [1.82, 2.24) is 20.0 Å². The van der Waals surface area contributed by atoms with Crippen molar-refractivity contribution >= 4 is 11.6 Å². The Bertz CT molecular complexity index is 921. The molecule has 3 aromatic rings.